The van der Waals surface area contributed by atoms with E-state index in [4.69, 9.17) is 23.7 Å². The Morgan fingerprint density at radius 2 is 1.85 bits per heavy atom. The van der Waals surface area contributed by atoms with E-state index in [-0.39, 0.29) is 66.1 Å². The van der Waals surface area contributed by atoms with Gasteiger partial charge in [-0.25, -0.2) is 4.79 Å². The molecule has 3 aliphatic heterocycles. The van der Waals surface area contributed by atoms with Crippen LogP contribution in [0.5, 0.6) is 0 Å². The first-order valence-corrected chi connectivity index (χ1v) is 14.8. The van der Waals surface area contributed by atoms with Crippen LogP contribution in [0.25, 0.3) is 0 Å². The third kappa shape index (κ3) is 3.47. The summed E-state index contributed by atoms with van der Waals surface area (Å²) >= 11 is 0. The standard InChI is InChI=1S/C30H42O9/c1-15-9-23(35-4)30(34)26(37-15)38-21-11-17-5-6-19-25(27(17,2)13-22(21)39-30)20(31)12-28(3)18(7-8-29(19,28)33)16-10-24(32)36-14-16/h10,15,17-19,21-23,25-26,33-34H,5-9,11-14H2,1-4H3/t15-,17-,18-,19-,21-,22-,23-,25+,26+,27+,28-,29+,30+/m1/s1. The van der Waals surface area contributed by atoms with E-state index in [1.165, 1.54) is 0 Å². The van der Waals surface area contributed by atoms with E-state index in [0.29, 0.717) is 19.3 Å². The first-order valence-electron chi connectivity index (χ1n) is 14.8. The van der Waals surface area contributed by atoms with Crippen molar-refractivity contribution in [2.45, 2.75) is 114 Å². The highest BCUT2D eigenvalue weighted by Crippen LogP contribution is 2.69. The molecule has 0 aromatic rings. The van der Waals surface area contributed by atoms with Crippen molar-refractivity contribution in [1.82, 2.24) is 0 Å². The highest BCUT2D eigenvalue weighted by molar-refractivity contribution is 5.86. The number of esters is 1. The van der Waals surface area contributed by atoms with E-state index in [2.05, 4.69) is 13.8 Å². The molecular weight excluding hydrogens is 504 g/mol. The number of fused-ring (bicyclic) bond motifs is 7. The summed E-state index contributed by atoms with van der Waals surface area (Å²) in [6.07, 6.45) is 4.45. The number of methoxy groups -OCH3 is 1. The molecule has 0 amide bonds. The molecule has 0 bridgehead atoms. The molecule has 0 unspecified atom stereocenters. The van der Waals surface area contributed by atoms with Crippen LogP contribution in [-0.2, 0) is 33.3 Å². The van der Waals surface area contributed by atoms with Crippen LogP contribution in [0, 0.1) is 34.5 Å². The van der Waals surface area contributed by atoms with Gasteiger partial charge in [0.2, 0.25) is 12.1 Å². The minimum absolute atomic E-state index is 0.0407. The molecule has 6 fully saturated rings. The molecule has 0 radical (unpaired) electrons. The molecule has 13 atom stereocenters. The smallest absolute Gasteiger partial charge is 0.331 e. The molecule has 7 rings (SSSR count). The van der Waals surface area contributed by atoms with Gasteiger partial charge in [0, 0.05) is 37.4 Å². The highest BCUT2D eigenvalue weighted by atomic mass is 16.8. The molecule has 2 N–H and O–H groups in total. The van der Waals surface area contributed by atoms with Gasteiger partial charge in [-0.2, -0.15) is 0 Å². The summed E-state index contributed by atoms with van der Waals surface area (Å²) in [5.74, 6) is -2.08. The van der Waals surface area contributed by atoms with Gasteiger partial charge in [-0.05, 0) is 74.2 Å². The number of Topliss-reactive ketones (excluding diaryl/α,β-unsaturated/α-hetero) is 1. The summed E-state index contributed by atoms with van der Waals surface area (Å²) in [6, 6.07) is 0. The Kier molecular flexibility index (Phi) is 5.84. The minimum Gasteiger partial charge on any atom is -0.458 e. The Labute approximate surface area is 229 Å². The van der Waals surface area contributed by atoms with Gasteiger partial charge in [0.15, 0.2) is 0 Å². The van der Waals surface area contributed by atoms with Crippen molar-refractivity contribution in [2.75, 3.05) is 13.7 Å². The van der Waals surface area contributed by atoms with Crippen molar-refractivity contribution < 1.29 is 43.5 Å². The quantitative estimate of drug-likeness (QED) is 0.398. The topological polar surface area (TPSA) is 121 Å². The minimum atomic E-state index is -1.71. The molecule has 0 spiro atoms. The molecule has 4 saturated carbocycles. The van der Waals surface area contributed by atoms with Crippen molar-refractivity contribution >= 4 is 11.8 Å². The number of carbonyl (C=O) groups is 2. The lowest BCUT2D eigenvalue weighted by Gasteiger charge is -2.64. The number of hydrogen-bond acceptors (Lipinski definition) is 9. The maximum absolute atomic E-state index is 14.2. The molecule has 39 heavy (non-hydrogen) atoms. The zero-order valence-electron chi connectivity index (χ0n) is 23.4. The lowest BCUT2D eigenvalue weighted by atomic mass is 9.42. The molecule has 9 nitrogen and oxygen atoms in total. The van der Waals surface area contributed by atoms with Crippen LogP contribution in [0.15, 0.2) is 11.6 Å². The Morgan fingerprint density at radius 3 is 2.56 bits per heavy atom. The van der Waals surface area contributed by atoms with Gasteiger partial charge in [-0.1, -0.05) is 13.8 Å². The van der Waals surface area contributed by atoms with E-state index in [0.717, 1.165) is 31.3 Å². The molecule has 0 aromatic carbocycles. The largest absolute Gasteiger partial charge is 0.458 e. The normalized spacial score (nSPS) is 56.5. The molecule has 7 aliphatic rings. The third-order valence-corrected chi connectivity index (χ3v) is 12.3. The van der Waals surface area contributed by atoms with E-state index in [9.17, 15) is 19.8 Å². The van der Waals surface area contributed by atoms with Crippen molar-refractivity contribution in [3.8, 4) is 0 Å². The number of cyclic esters (lactones) is 1. The summed E-state index contributed by atoms with van der Waals surface area (Å²) in [4.78, 5) is 26.0. The van der Waals surface area contributed by atoms with Crippen molar-refractivity contribution in [1.29, 1.82) is 0 Å². The van der Waals surface area contributed by atoms with Crippen LogP contribution in [0.1, 0.15) is 72.1 Å². The zero-order chi connectivity index (χ0) is 27.5. The predicted octanol–water partition coefficient (Wildman–Crippen LogP) is 2.65. The number of ether oxygens (including phenoxy) is 5. The van der Waals surface area contributed by atoms with E-state index in [1.54, 1.807) is 13.2 Å². The van der Waals surface area contributed by atoms with Gasteiger partial charge in [0.05, 0.1) is 23.9 Å². The van der Waals surface area contributed by atoms with Crippen LogP contribution < -0.4 is 0 Å². The van der Waals surface area contributed by atoms with Gasteiger partial charge in [0.1, 0.15) is 18.5 Å². The molecule has 216 valence electrons. The maximum atomic E-state index is 14.2. The lowest BCUT2D eigenvalue weighted by molar-refractivity contribution is -0.459. The number of hydrogen-bond donors (Lipinski definition) is 2. The lowest BCUT2D eigenvalue weighted by Crippen LogP contribution is -2.71. The SMILES string of the molecule is CO[C@@H]1C[C@@H](C)O[C@H]2O[C@@H]3C[C@H]4CC[C@@H]5[C@@H](C(=O)C[C@]6(C)[C@@H](C7=CC(=O)OC7)CC[C@]56O)[C@@]4(C)C[C@H]3O[C@]21O. The molecule has 4 aliphatic carbocycles. The summed E-state index contributed by atoms with van der Waals surface area (Å²) in [5.41, 5.74) is -1.09. The summed E-state index contributed by atoms with van der Waals surface area (Å²) in [5, 5.41) is 24.0. The Morgan fingerprint density at radius 1 is 1.05 bits per heavy atom. The fourth-order valence-electron chi connectivity index (χ4n) is 10.4. The Balaban J connectivity index is 1.19. The molecule has 3 heterocycles. The monoisotopic (exact) mass is 546 g/mol. The fourth-order valence-corrected chi connectivity index (χ4v) is 10.4. The van der Waals surface area contributed by atoms with E-state index < -0.39 is 35.3 Å². The Hall–Kier alpha value is -1.36. The average Bonchev–Trinajstić information content (AvgIpc) is 3.41. The van der Waals surface area contributed by atoms with E-state index in [1.807, 2.05) is 6.92 Å². The zero-order valence-corrected chi connectivity index (χ0v) is 23.4. The first-order chi connectivity index (χ1) is 18.4. The van der Waals surface area contributed by atoms with Crippen LogP contribution in [0.3, 0.4) is 0 Å². The van der Waals surface area contributed by atoms with Gasteiger partial charge >= 0.3 is 5.97 Å². The molecular formula is C30H42O9. The van der Waals surface area contributed by atoms with Crippen LogP contribution in [0.2, 0.25) is 0 Å². The number of rotatable bonds is 2. The fraction of sp³-hybridized carbons (Fsp3) is 0.867. The molecule has 9 heteroatoms. The second-order valence-corrected chi connectivity index (χ2v) is 14.0. The first kappa shape index (κ1) is 26.5. The van der Waals surface area contributed by atoms with Crippen LogP contribution in [-0.4, -0.2) is 77.8 Å². The van der Waals surface area contributed by atoms with Crippen molar-refractivity contribution in [3.05, 3.63) is 11.6 Å². The Bertz CT molecular complexity index is 1110. The van der Waals surface area contributed by atoms with Crippen LogP contribution in [0.4, 0.5) is 0 Å². The highest BCUT2D eigenvalue weighted by Gasteiger charge is 2.71. The average molecular weight is 547 g/mol. The van der Waals surface area contributed by atoms with Gasteiger partial charge < -0.3 is 33.9 Å². The second kappa shape index (κ2) is 8.58. The molecule has 0 aromatic heterocycles. The molecule has 2 saturated heterocycles. The third-order valence-electron chi connectivity index (χ3n) is 12.3. The summed E-state index contributed by atoms with van der Waals surface area (Å²) in [6.45, 7) is 6.44. The van der Waals surface area contributed by atoms with Crippen molar-refractivity contribution in [2.24, 2.45) is 34.5 Å². The van der Waals surface area contributed by atoms with Gasteiger partial charge in [0.25, 0.3) is 0 Å². The number of aliphatic hydroxyl groups is 2. The summed E-state index contributed by atoms with van der Waals surface area (Å²) < 4.78 is 29.6. The number of carbonyl (C=O) groups excluding carboxylic acids is 2. The maximum Gasteiger partial charge on any atom is 0.331 e. The second-order valence-electron chi connectivity index (χ2n) is 14.0. The number of ketones is 1. The predicted molar refractivity (Wildman–Crippen MR) is 136 cm³/mol. The summed E-state index contributed by atoms with van der Waals surface area (Å²) in [7, 11) is 1.56. The van der Waals surface area contributed by atoms with Gasteiger partial charge in [-0.15, -0.1) is 0 Å². The van der Waals surface area contributed by atoms with Crippen molar-refractivity contribution in [3.63, 3.8) is 0 Å². The van der Waals surface area contributed by atoms with E-state index >= 15 is 0 Å². The van der Waals surface area contributed by atoms with Crippen LogP contribution >= 0.6 is 0 Å². The van der Waals surface area contributed by atoms with Gasteiger partial charge in [-0.3, -0.25) is 4.79 Å².